The molecule has 0 bridgehead atoms. The van der Waals surface area contributed by atoms with Crippen molar-refractivity contribution in [1.82, 2.24) is 0 Å². The van der Waals surface area contributed by atoms with Gasteiger partial charge in [0.1, 0.15) is 0 Å². The summed E-state index contributed by atoms with van der Waals surface area (Å²) >= 11 is 1.73. The molecule has 1 heteroatoms. The Kier molecular flexibility index (Phi) is 4.11. The summed E-state index contributed by atoms with van der Waals surface area (Å²) in [7, 11) is 0. The first-order valence-electron chi connectivity index (χ1n) is 20.4. The molecular formula is C46H28S. The van der Waals surface area contributed by atoms with Gasteiger partial charge in [-0.1, -0.05) is 169 Å². The Morgan fingerprint density at radius 2 is 0.936 bits per heavy atom. The highest BCUT2D eigenvalue weighted by molar-refractivity contribution is 7.99. The van der Waals surface area contributed by atoms with Gasteiger partial charge in [-0.05, 0) is 94.3 Å². The topological polar surface area (TPSA) is 0 Å². The summed E-state index contributed by atoms with van der Waals surface area (Å²) < 4.78 is 86.8. The molecular weight excluding hydrogens is 585 g/mol. The summed E-state index contributed by atoms with van der Waals surface area (Å²) in [4.78, 5) is 2.30. The molecule has 0 aromatic heterocycles. The number of fused-ring (bicyclic) bond motifs is 6. The molecule has 0 radical (unpaired) electrons. The average molecular weight is 623 g/mol. The molecule has 9 aromatic rings. The van der Waals surface area contributed by atoms with Gasteiger partial charge < -0.3 is 0 Å². The first kappa shape index (κ1) is 18.5. The summed E-state index contributed by atoms with van der Waals surface area (Å²) in [5, 5.41) is 6.39. The summed E-state index contributed by atoms with van der Waals surface area (Å²) in [5.41, 5.74) is 5.19. The highest BCUT2D eigenvalue weighted by Crippen LogP contribution is 2.53. The first-order valence-corrected chi connectivity index (χ1v) is 16.2. The van der Waals surface area contributed by atoms with Crippen LogP contribution in [-0.4, -0.2) is 0 Å². The molecule has 1 aliphatic heterocycles. The molecule has 1 heterocycles. The normalized spacial score (nSPS) is 15.1. The van der Waals surface area contributed by atoms with Crippen molar-refractivity contribution in [2.75, 3.05) is 0 Å². The molecule has 0 fully saturated rings. The second-order valence-electron chi connectivity index (χ2n) is 11.6. The molecule has 0 atom stereocenters. The molecule has 47 heavy (non-hydrogen) atoms. The van der Waals surface area contributed by atoms with Gasteiger partial charge in [0.05, 0.1) is 13.7 Å². The SMILES string of the molecule is [2H]c1c([2H])c([2H])c(-c2cccc3c2ccc2c(-c4c([2H])c([2H])c([2H])c([2H])c4[2H])c4ccccc4c(-c4ccc5c6c(cccc46)Sc4ccccc4-5)c23)c([2H])c1[2H]. The quantitative estimate of drug-likeness (QED) is 0.140. The monoisotopic (exact) mass is 622 g/mol. The molecule has 0 saturated heterocycles. The average Bonchev–Trinajstić information content (AvgIpc) is 3.23. The van der Waals surface area contributed by atoms with Gasteiger partial charge in [0.15, 0.2) is 0 Å². The van der Waals surface area contributed by atoms with Gasteiger partial charge in [-0.3, -0.25) is 0 Å². The summed E-state index contributed by atoms with van der Waals surface area (Å²) in [6, 6.07) is 32.0. The molecule has 0 aliphatic carbocycles. The van der Waals surface area contributed by atoms with E-state index >= 15 is 0 Å². The van der Waals surface area contributed by atoms with Crippen LogP contribution >= 0.6 is 11.8 Å². The fourth-order valence-electron chi connectivity index (χ4n) is 7.36. The van der Waals surface area contributed by atoms with Crippen LogP contribution in [0.25, 0.3) is 87.6 Å². The number of rotatable bonds is 3. The molecule has 0 N–H and O–H groups in total. The second kappa shape index (κ2) is 10.5. The predicted octanol–water partition coefficient (Wildman–Crippen LogP) is 13.4. The highest BCUT2D eigenvalue weighted by Gasteiger charge is 2.24. The number of hydrogen-bond acceptors (Lipinski definition) is 1. The number of hydrogen-bond donors (Lipinski definition) is 0. The van der Waals surface area contributed by atoms with Crippen LogP contribution in [0.2, 0.25) is 0 Å². The maximum absolute atomic E-state index is 9.13. The van der Waals surface area contributed by atoms with Crippen molar-refractivity contribution in [2.45, 2.75) is 9.79 Å². The molecule has 0 amide bonds. The van der Waals surface area contributed by atoms with E-state index < -0.39 is 36.3 Å². The molecule has 0 nitrogen and oxygen atoms in total. The molecule has 0 spiro atoms. The first-order chi connectivity index (χ1) is 27.5. The lowest BCUT2D eigenvalue weighted by Crippen LogP contribution is -1.96. The van der Waals surface area contributed by atoms with Gasteiger partial charge in [-0.25, -0.2) is 0 Å². The maximum atomic E-state index is 9.13. The molecule has 9 aromatic carbocycles. The van der Waals surface area contributed by atoms with E-state index in [1.54, 1.807) is 17.8 Å². The molecule has 218 valence electrons. The van der Waals surface area contributed by atoms with Gasteiger partial charge in [0, 0.05) is 15.2 Å². The van der Waals surface area contributed by atoms with Crippen LogP contribution in [0.4, 0.5) is 0 Å². The van der Waals surface area contributed by atoms with Gasteiger partial charge in [-0.2, -0.15) is 0 Å². The van der Waals surface area contributed by atoms with E-state index in [0.29, 0.717) is 32.7 Å². The Hall–Kier alpha value is -5.63. The maximum Gasteiger partial charge on any atom is 0.0629 e. The zero-order valence-electron chi connectivity index (χ0n) is 34.8. The van der Waals surface area contributed by atoms with Crippen molar-refractivity contribution >= 4 is 54.9 Å². The van der Waals surface area contributed by atoms with Crippen molar-refractivity contribution in [3.63, 3.8) is 0 Å². The zero-order chi connectivity index (χ0) is 39.6. The summed E-state index contributed by atoms with van der Waals surface area (Å²) in [6.07, 6.45) is 0. The van der Waals surface area contributed by atoms with Crippen LogP contribution < -0.4 is 0 Å². The Morgan fingerprint density at radius 1 is 0.340 bits per heavy atom. The second-order valence-corrected chi connectivity index (χ2v) is 12.7. The lowest BCUT2D eigenvalue weighted by molar-refractivity contribution is 1.40. The van der Waals surface area contributed by atoms with Crippen molar-refractivity contribution in [3.8, 4) is 44.5 Å². The Labute approximate surface area is 292 Å². The van der Waals surface area contributed by atoms with Crippen molar-refractivity contribution < 1.29 is 13.7 Å². The van der Waals surface area contributed by atoms with Crippen molar-refractivity contribution in [2.24, 2.45) is 0 Å². The van der Waals surface area contributed by atoms with E-state index in [2.05, 4.69) is 42.5 Å². The summed E-state index contributed by atoms with van der Waals surface area (Å²) in [6.45, 7) is 0. The van der Waals surface area contributed by atoms with Crippen molar-refractivity contribution in [1.29, 1.82) is 0 Å². The lowest BCUT2D eigenvalue weighted by atomic mass is 9.81. The van der Waals surface area contributed by atoms with Crippen LogP contribution in [0.3, 0.4) is 0 Å². The molecule has 10 rings (SSSR count). The third-order valence-corrected chi connectivity index (χ3v) is 10.4. The Balaban J connectivity index is 1.43. The predicted molar refractivity (Wildman–Crippen MR) is 202 cm³/mol. The smallest absolute Gasteiger partial charge is 0.0629 e. The van der Waals surface area contributed by atoms with E-state index in [1.165, 1.54) is 4.90 Å². The van der Waals surface area contributed by atoms with Gasteiger partial charge in [0.2, 0.25) is 0 Å². The van der Waals surface area contributed by atoms with Crippen LogP contribution in [0, 0.1) is 0 Å². The minimum absolute atomic E-state index is 0.0800. The largest absolute Gasteiger partial charge is 0.0888 e. The zero-order valence-corrected chi connectivity index (χ0v) is 25.6. The Bertz CT molecular complexity index is 3220. The van der Waals surface area contributed by atoms with E-state index in [-0.39, 0.29) is 35.3 Å². The fraction of sp³-hybridized carbons (Fsp3) is 0. The van der Waals surface area contributed by atoms with E-state index in [4.69, 9.17) is 13.7 Å². The Morgan fingerprint density at radius 3 is 1.77 bits per heavy atom. The van der Waals surface area contributed by atoms with Crippen LogP contribution in [0.15, 0.2) is 179 Å². The van der Waals surface area contributed by atoms with Gasteiger partial charge in [0.25, 0.3) is 0 Å². The standard InChI is InChI=1S/C46H28S/c1-3-13-29(14-4-1)31-20-11-21-34-32(31)25-28-40-43(30-15-5-2-6-16-30)35-18-7-8-19-37(35)45(46(34)40)39-27-26-38-33-17-9-10-23-41(33)47-42-24-12-22-36(39)44(38)42/h1-28H/i1D,2D,3D,4D,5D,6D,13D,14D,15D,16D. The number of benzene rings is 9. The van der Waals surface area contributed by atoms with Gasteiger partial charge >= 0.3 is 0 Å². The van der Waals surface area contributed by atoms with E-state index in [0.717, 1.165) is 48.7 Å². The minimum atomic E-state index is -0.476. The molecule has 0 unspecified atom stereocenters. The van der Waals surface area contributed by atoms with E-state index in [1.807, 2.05) is 60.7 Å². The highest BCUT2D eigenvalue weighted by atomic mass is 32.2. The van der Waals surface area contributed by atoms with Crippen LogP contribution in [0.1, 0.15) is 13.7 Å². The third kappa shape index (κ3) is 3.97. The summed E-state index contributed by atoms with van der Waals surface area (Å²) in [5.74, 6) is 0. The lowest BCUT2D eigenvalue weighted by Gasteiger charge is -2.24. The fourth-order valence-corrected chi connectivity index (χ4v) is 8.50. The van der Waals surface area contributed by atoms with Crippen LogP contribution in [-0.2, 0) is 0 Å². The van der Waals surface area contributed by atoms with Crippen molar-refractivity contribution in [3.05, 3.63) is 170 Å². The van der Waals surface area contributed by atoms with Gasteiger partial charge in [-0.15, -0.1) is 0 Å². The third-order valence-electron chi connectivity index (χ3n) is 9.23. The van der Waals surface area contributed by atoms with Crippen LogP contribution in [0.5, 0.6) is 0 Å². The molecule has 1 aliphatic rings. The molecule has 0 saturated carbocycles. The van der Waals surface area contributed by atoms with E-state index in [9.17, 15) is 0 Å². The minimum Gasteiger partial charge on any atom is -0.0888 e.